The Labute approximate surface area is 129 Å². The van der Waals surface area contributed by atoms with Crippen LogP contribution in [-0.4, -0.2) is 12.1 Å². The van der Waals surface area contributed by atoms with Crippen LogP contribution in [0.3, 0.4) is 0 Å². The van der Waals surface area contributed by atoms with E-state index in [1.807, 2.05) is 37.3 Å². The fourth-order valence-corrected chi connectivity index (χ4v) is 2.99. The first kappa shape index (κ1) is 13.9. The van der Waals surface area contributed by atoms with Crippen molar-refractivity contribution in [2.45, 2.75) is 11.8 Å². The van der Waals surface area contributed by atoms with Crippen LogP contribution in [0, 0.1) is 6.92 Å². The number of aromatic nitrogens is 1. The number of aromatic amines is 1. The van der Waals surface area contributed by atoms with E-state index >= 15 is 0 Å². The maximum Gasteiger partial charge on any atom is 0.417 e. The van der Waals surface area contributed by atoms with E-state index in [1.54, 1.807) is 7.11 Å². The molecule has 0 spiro atoms. The van der Waals surface area contributed by atoms with Gasteiger partial charge in [0.1, 0.15) is 5.75 Å². The van der Waals surface area contributed by atoms with Crippen LogP contribution in [0.4, 0.5) is 0 Å². The molecule has 108 valence electrons. The summed E-state index contributed by atoms with van der Waals surface area (Å²) in [4.78, 5) is 13.8. The molecule has 0 amide bonds. The number of halogens is 1. The van der Waals surface area contributed by atoms with E-state index in [4.69, 9.17) is 9.15 Å². The second-order valence-electron chi connectivity index (χ2n) is 4.88. The van der Waals surface area contributed by atoms with Crippen LogP contribution in [0.15, 0.2) is 45.6 Å². The van der Waals surface area contributed by atoms with Crippen LogP contribution < -0.4 is 10.5 Å². The third-order valence-corrected chi connectivity index (χ3v) is 4.42. The summed E-state index contributed by atoms with van der Waals surface area (Å²) in [6.07, 6.45) is 0. The van der Waals surface area contributed by atoms with Gasteiger partial charge in [-0.2, -0.15) is 0 Å². The van der Waals surface area contributed by atoms with Gasteiger partial charge in [0.05, 0.1) is 17.5 Å². The molecule has 21 heavy (non-hydrogen) atoms. The van der Waals surface area contributed by atoms with Crippen LogP contribution in [0.2, 0.25) is 0 Å². The zero-order valence-corrected chi connectivity index (χ0v) is 13.2. The minimum Gasteiger partial charge on any atom is -0.496 e. The Hall–Kier alpha value is -2.01. The molecule has 1 N–H and O–H groups in total. The van der Waals surface area contributed by atoms with Crippen LogP contribution in [0.25, 0.3) is 11.1 Å². The highest BCUT2D eigenvalue weighted by Crippen LogP contribution is 2.37. The van der Waals surface area contributed by atoms with Crippen molar-refractivity contribution in [2.24, 2.45) is 0 Å². The minimum absolute atomic E-state index is 0.0445. The predicted octanol–water partition coefficient (Wildman–Crippen LogP) is 3.92. The van der Waals surface area contributed by atoms with Gasteiger partial charge >= 0.3 is 5.76 Å². The van der Waals surface area contributed by atoms with Crippen molar-refractivity contribution in [3.05, 3.63) is 63.6 Å². The Morgan fingerprint density at radius 2 is 2.05 bits per heavy atom. The molecule has 5 heteroatoms. The van der Waals surface area contributed by atoms with Crippen LogP contribution >= 0.6 is 15.9 Å². The maximum absolute atomic E-state index is 11.2. The third kappa shape index (κ3) is 2.61. The lowest BCUT2D eigenvalue weighted by molar-refractivity contribution is 0.410. The zero-order chi connectivity index (χ0) is 15.0. The second kappa shape index (κ2) is 5.41. The molecule has 0 radical (unpaired) electrons. The van der Waals surface area contributed by atoms with Crippen molar-refractivity contribution < 1.29 is 9.15 Å². The van der Waals surface area contributed by atoms with Gasteiger partial charge in [0.2, 0.25) is 0 Å². The number of fused-ring (bicyclic) bond motifs is 1. The summed E-state index contributed by atoms with van der Waals surface area (Å²) in [6.45, 7) is 2.04. The first-order valence-electron chi connectivity index (χ1n) is 6.50. The molecule has 1 aromatic heterocycles. The van der Waals surface area contributed by atoms with E-state index in [1.165, 1.54) is 0 Å². The molecule has 3 rings (SSSR count). The van der Waals surface area contributed by atoms with E-state index in [2.05, 4.69) is 27.0 Å². The monoisotopic (exact) mass is 347 g/mol. The highest BCUT2D eigenvalue weighted by atomic mass is 79.9. The van der Waals surface area contributed by atoms with E-state index in [-0.39, 0.29) is 4.83 Å². The minimum atomic E-state index is -0.443. The SMILES string of the molecule is COc1ccc(C)cc1C(Br)c1ccc2[nH]c(=O)oc2c1. The zero-order valence-electron chi connectivity index (χ0n) is 11.6. The molecule has 2 aromatic carbocycles. The van der Waals surface area contributed by atoms with Gasteiger partial charge in [-0.3, -0.25) is 4.98 Å². The number of aryl methyl sites for hydroxylation is 1. The van der Waals surface area contributed by atoms with Crippen LogP contribution in [0.1, 0.15) is 21.5 Å². The van der Waals surface area contributed by atoms with Gasteiger partial charge in [-0.1, -0.05) is 39.7 Å². The summed E-state index contributed by atoms with van der Waals surface area (Å²) in [5.41, 5.74) is 4.43. The molecule has 0 saturated heterocycles. The highest BCUT2D eigenvalue weighted by molar-refractivity contribution is 9.09. The van der Waals surface area contributed by atoms with Crippen molar-refractivity contribution in [1.82, 2.24) is 4.98 Å². The molecule has 0 saturated carbocycles. The van der Waals surface area contributed by atoms with Crippen molar-refractivity contribution >= 4 is 27.0 Å². The Morgan fingerprint density at radius 1 is 1.24 bits per heavy atom. The molecule has 0 bridgehead atoms. The standard InChI is InChI=1S/C16H14BrNO3/c1-9-3-6-13(20-2)11(7-9)15(17)10-4-5-12-14(8-10)21-16(19)18-12/h3-8,15H,1-2H3,(H,18,19). The van der Waals surface area contributed by atoms with Crippen molar-refractivity contribution in [3.8, 4) is 5.75 Å². The third-order valence-electron chi connectivity index (χ3n) is 3.40. The number of alkyl halides is 1. The van der Waals surface area contributed by atoms with E-state index in [0.29, 0.717) is 11.1 Å². The molecule has 1 atom stereocenters. The summed E-state index contributed by atoms with van der Waals surface area (Å²) in [5.74, 6) is 0.375. The molecule has 0 aliphatic carbocycles. The molecular weight excluding hydrogens is 334 g/mol. The maximum atomic E-state index is 11.2. The number of methoxy groups -OCH3 is 1. The van der Waals surface area contributed by atoms with E-state index in [9.17, 15) is 4.79 Å². The quantitative estimate of drug-likeness (QED) is 0.730. The van der Waals surface area contributed by atoms with Gasteiger partial charge < -0.3 is 9.15 Å². The van der Waals surface area contributed by atoms with Gasteiger partial charge in [0.15, 0.2) is 5.58 Å². The van der Waals surface area contributed by atoms with Crippen LogP contribution in [0.5, 0.6) is 5.75 Å². The number of oxazole rings is 1. The Bertz CT molecular complexity index is 850. The summed E-state index contributed by atoms with van der Waals surface area (Å²) < 4.78 is 10.5. The average Bonchev–Trinajstić information content (AvgIpc) is 2.85. The first-order valence-corrected chi connectivity index (χ1v) is 7.41. The number of nitrogens with one attached hydrogen (secondary N) is 1. The molecule has 4 nitrogen and oxygen atoms in total. The lowest BCUT2D eigenvalue weighted by atomic mass is 10.0. The number of ether oxygens (including phenoxy) is 1. The van der Waals surface area contributed by atoms with E-state index in [0.717, 1.165) is 22.4 Å². The fourth-order valence-electron chi connectivity index (χ4n) is 2.35. The molecule has 0 aliphatic rings. The number of rotatable bonds is 3. The van der Waals surface area contributed by atoms with Gasteiger partial charge in [0, 0.05) is 5.56 Å². The summed E-state index contributed by atoms with van der Waals surface area (Å²) >= 11 is 3.70. The van der Waals surface area contributed by atoms with Crippen molar-refractivity contribution in [1.29, 1.82) is 0 Å². The van der Waals surface area contributed by atoms with Crippen molar-refractivity contribution in [3.63, 3.8) is 0 Å². The molecule has 3 aromatic rings. The summed E-state index contributed by atoms with van der Waals surface area (Å²) in [5, 5.41) is 0. The fraction of sp³-hybridized carbons (Fsp3) is 0.188. The lowest BCUT2D eigenvalue weighted by Crippen LogP contribution is -1.97. The molecule has 0 fully saturated rings. The molecule has 1 heterocycles. The number of H-pyrrole nitrogens is 1. The average molecular weight is 348 g/mol. The molecular formula is C16H14BrNO3. The normalized spacial score (nSPS) is 12.5. The van der Waals surface area contributed by atoms with Gasteiger partial charge in [0.25, 0.3) is 0 Å². The van der Waals surface area contributed by atoms with Gasteiger partial charge in [-0.05, 0) is 30.7 Å². The number of benzene rings is 2. The molecule has 0 aliphatic heterocycles. The topological polar surface area (TPSA) is 55.2 Å². The second-order valence-corrected chi connectivity index (χ2v) is 5.79. The highest BCUT2D eigenvalue weighted by Gasteiger charge is 2.16. The summed E-state index contributed by atoms with van der Waals surface area (Å²) in [6, 6.07) is 11.7. The van der Waals surface area contributed by atoms with Gasteiger partial charge in [-0.25, -0.2) is 4.79 Å². The largest absolute Gasteiger partial charge is 0.496 e. The Morgan fingerprint density at radius 3 is 2.81 bits per heavy atom. The number of hydrogen-bond acceptors (Lipinski definition) is 3. The molecule has 1 unspecified atom stereocenters. The predicted molar refractivity (Wildman–Crippen MR) is 85.3 cm³/mol. The lowest BCUT2D eigenvalue weighted by Gasteiger charge is -2.15. The Kier molecular flexibility index (Phi) is 3.59. The van der Waals surface area contributed by atoms with E-state index < -0.39 is 5.76 Å². The van der Waals surface area contributed by atoms with Crippen LogP contribution in [-0.2, 0) is 0 Å². The first-order chi connectivity index (χ1) is 10.1. The summed E-state index contributed by atoms with van der Waals surface area (Å²) in [7, 11) is 1.66. The van der Waals surface area contributed by atoms with Gasteiger partial charge in [-0.15, -0.1) is 0 Å². The van der Waals surface area contributed by atoms with Crippen molar-refractivity contribution in [2.75, 3.05) is 7.11 Å². The Balaban J connectivity index is 2.09. The smallest absolute Gasteiger partial charge is 0.417 e. The number of hydrogen-bond donors (Lipinski definition) is 1.